The predicted molar refractivity (Wildman–Crippen MR) is 68.6 cm³/mol. The third kappa shape index (κ3) is 3.53. The van der Waals surface area contributed by atoms with E-state index in [1.165, 1.54) is 36.7 Å². The summed E-state index contributed by atoms with van der Waals surface area (Å²) >= 11 is 0. The summed E-state index contributed by atoms with van der Waals surface area (Å²) in [5.74, 6) is -0.314. The Morgan fingerprint density at radius 2 is 2.05 bits per heavy atom. The van der Waals surface area contributed by atoms with Crippen LogP contribution in [0, 0.1) is 5.21 Å². The fraction of sp³-hybridized carbons (Fsp3) is 0. The van der Waals surface area contributed by atoms with Crippen molar-refractivity contribution in [3.05, 3.63) is 65.1 Å². The Morgan fingerprint density at radius 1 is 1.32 bits per heavy atom. The van der Waals surface area contributed by atoms with Crippen LogP contribution in [0.1, 0.15) is 15.9 Å². The van der Waals surface area contributed by atoms with Crippen molar-refractivity contribution in [2.45, 2.75) is 0 Å². The maximum Gasteiger partial charge on any atom is 0.277 e. The van der Waals surface area contributed by atoms with E-state index in [-0.39, 0.29) is 11.3 Å². The van der Waals surface area contributed by atoms with Crippen LogP contribution in [0.4, 0.5) is 0 Å². The van der Waals surface area contributed by atoms with Gasteiger partial charge in [0.05, 0.1) is 6.21 Å². The van der Waals surface area contributed by atoms with E-state index < -0.39 is 5.91 Å². The Kier molecular flexibility index (Phi) is 3.72. The van der Waals surface area contributed by atoms with E-state index in [1.807, 2.05) is 0 Å². The minimum absolute atomic E-state index is 0.158. The number of hydrogen-bond acceptors (Lipinski definition) is 4. The number of amides is 1. The summed E-state index contributed by atoms with van der Waals surface area (Å²) in [5.41, 5.74) is 3.25. The molecule has 2 aromatic rings. The average Bonchev–Trinajstić information content (AvgIpc) is 2.41. The molecule has 6 nitrogen and oxygen atoms in total. The second-order valence-corrected chi connectivity index (χ2v) is 3.74. The lowest BCUT2D eigenvalue weighted by Crippen LogP contribution is -2.28. The van der Waals surface area contributed by atoms with E-state index in [4.69, 9.17) is 5.11 Å². The number of benzene rings is 1. The molecule has 0 aliphatic rings. The number of carbonyl (C=O) groups excluding carboxylic acids is 1. The highest BCUT2D eigenvalue weighted by Gasteiger charge is 2.06. The molecule has 0 atom stereocenters. The van der Waals surface area contributed by atoms with Crippen molar-refractivity contribution in [2.24, 2.45) is 5.10 Å². The molecule has 2 rings (SSSR count). The zero-order valence-electron chi connectivity index (χ0n) is 9.85. The summed E-state index contributed by atoms with van der Waals surface area (Å²) in [6, 6.07) is 9.32. The van der Waals surface area contributed by atoms with Gasteiger partial charge in [0.2, 0.25) is 0 Å². The van der Waals surface area contributed by atoms with Crippen molar-refractivity contribution >= 4 is 12.1 Å². The smallest absolute Gasteiger partial charge is 0.277 e. The van der Waals surface area contributed by atoms with Crippen LogP contribution in [0.3, 0.4) is 0 Å². The van der Waals surface area contributed by atoms with Crippen LogP contribution in [0.15, 0.2) is 53.9 Å². The largest absolute Gasteiger partial charge is 0.619 e. The van der Waals surface area contributed by atoms with E-state index in [0.29, 0.717) is 4.73 Å². The van der Waals surface area contributed by atoms with Crippen LogP contribution in [0.5, 0.6) is 5.75 Å². The van der Waals surface area contributed by atoms with Gasteiger partial charge in [-0.3, -0.25) is 4.79 Å². The fourth-order valence-electron chi connectivity index (χ4n) is 1.38. The van der Waals surface area contributed by atoms with Gasteiger partial charge in [0.15, 0.2) is 12.4 Å². The van der Waals surface area contributed by atoms with Crippen LogP contribution in [-0.4, -0.2) is 17.2 Å². The number of rotatable bonds is 3. The number of pyridine rings is 1. The first kappa shape index (κ1) is 12.6. The van der Waals surface area contributed by atoms with Gasteiger partial charge in [-0.2, -0.15) is 9.83 Å². The lowest BCUT2D eigenvalue weighted by atomic mass is 10.2. The fourth-order valence-corrected chi connectivity index (χ4v) is 1.38. The molecular weight excluding hydrogens is 246 g/mol. The van der Waals surface area contributed by atoms with Gasteiger partial charge in [0.25, 0.3) is 5.91 Å². The van der Waals surface area contributed by atoms with Gasteiger partial charge in [-0.15, -0.1) is 0 Å². The summed E-state index contributed by atoms with van der Waals surface area (Å²) in [4.78, 5) is 11.6. The second-order valence-electron chi connectivity index (χ2n) is 3.74. The van der Waals surface area contributed by atoms with Gasteiger partial charge < -0.3 is 10.3 Å². The lowest BCUT2D eigenvalue weighted by Gasteiger charge is -1.99. The molecule has 0 radical (unpaired) electrons. The zero-order valence-corrected chi connectivity index (χ0v) is 9.85. The van der Waals surface area contributed by atoms with Gasteiger partial charge in [-0.05, 0) is 35.9 Å². The number of carbonyl (C=O) groups is 1. The molecule has 1 heterocycles. The molecule has 0 bridgehead atoms. The number of phenolic OH excluding ortho intramolecular Hbond substituents is 1. The van der Waals surface area contributed by atoms with Crippen LogP contribution >= 0.6 is 0 Å². The average molecular weight is 257 g/mol. The Balaban J connectivity index is 1.98. The topological polar surface area (TPSA) is 88.6 Å². The van der Waals surface area contributed by atoms with Crippen LogP contribution < -0.4 is 10.2 Å². The zero-order chi connectivity index (χ0) is 13.7. The SMILES string of the molecule is O=C(N/N=C/c1ccc(O)cc1)c1ccc[n+]([O-])c1. The predicted octanol–water partition coefficient (Wildman–Crippen LogP) is 0.789. The third-order valence-corrected chi connectivity index (χ3v) is 2.31. The summed E-state index contributed by atoms with van der Waals surface area (Å²) in [5, 5.41) is 23.9. The van der Waals surface area contributed by atoms with E-state index in [1.54, 1.807) is 12.1 Å². The van der Waals surface area contributed by atoms with Gasteiger partial charge >= 0.3 is 0 Å². The Morgan fingerprint density at radius 3 is 2.74 bits per heavy atom. The molecule has 1 aromatic heterocycles. The molecule has 0 aliphatic carbocycles. The minimum atomic E-state index is -0.472. The van der Waals surface area contributed by atoms with Crippen molar-refractivity contribution < 1.29 is 14.6 Å². The van der Waals surface area contributed by atoms with E-state index >= 15 is 0 Å². The number of nitrogens with zero attached hydrogens (tertiary/aromatic N) is 2. The molecule has 96 valence electrons. The van der Waals surface area contributed by atoms with E-state index in [9.17, 15) is 10.0 Å². The van der Waals surface area contributed by atoms with Gasteiger partial charge in [0.1, 0.15) is 11.3 Å². The first-order valence-electron chi connectivity index (χ1n) is 5.46. The standard InChI is InChI=1S/C13H11N3O3/c17-12-5-3-10(4-6-12)8-14-15-13(18)11-2-1-7-16(19)9-11/h1-9,17H,(H,15,18)/b14-8+. The third-order valence-electron chi connectivity index (χ3n) is 2.31. The minimum Gasteiger partial charge on any atom is -0.619 e. The lowest BCUT2D eigenvalue weighted by molar-refractivity contribution is -0.605. The molecule has 6 heteroatoms. The molecular formula is C13H11N3O3. The van der Waals surface area contributed by atoms with Crippen molar-refractivity contribution in [1.82, 2.24) is 5.43 Å². The van der Waals surface area contributed by atoms with Crippen LogP contribution in [-0.2, 0) is 0 Å². The van der Waals surface area contributed by atoms with Gasteiger partial charge in [-0.1, -0.05) is 0 Å². The monoisotopic (exact) mass is 257 g/mol. The van der Waals surface area contributed by atoms with Gasteiger partial charge in [-0.25, -0.2) is 5.43 Å². The van der Waals surface area contributed by atoms with E-state index in [2.05, 4.69) is 10.5 Å². The van der Waals surface area contributed by atoms with Crippen molar-refractivity contribution in [2.75, 3.05) is 0 Å². The first-order valence-corrected chi connectivity index (χ1v) is 5.46. The summed E-state index contributed by atoms with van der Waals surface area (Å²) < 4.78 is 0.540. The summed E-state index contributed by atoms with van der Waals surface area (Å²) in [6.07, 6.45) is 3.88. The molecule has 0 fully saturated rings. The molecule has 0 saturated carbocycles. The number of phenols is 1. The Labute approximate surface area is 109 Å². The molecule has 19 heavy (non-hydrogen) atoms. The molecule has 1 aromatic carbocycles. The molecule has 0 spiro atoms. The van der Waals surface area contributed by atoms with Crippen molar-refractivity contribution in [3.8, 4) is 5.75 Å². The second kappa shape index (κ2) is 5.63. The van der Waals surface area contributed by atoms with Crippen molar-refractivity contribution in [1.29, 1.82) is 0 Å². The number of aromatic nitrogens is 1. The molecule has 2 N–H and O–H groups in total. The number of aromatic hydroxyl groups is 1. The number of hydrazone groups is 1. The maximum absolute atomic E-state index is 11.6. The Hall–Kier alpha value is -2.89. The molecule has 1 amide bonds. The highest BCUT2D eigenvalue weighted by molar-refractivity contribution is 5.94. The normalized spacial score (nSPS) is 10.5. The molecule has 0 aliphatic heterocycles. The number of hydrogen-bond donors (Lipinski definition) is 2. The summed E-state index contributed by atoms with van der Waals surface area (Å²) in [6.45, 7) is 0. The molecule has 0 unspecified atom stereocenters. The van der Waals surface area contributed by atoms with Crippen LogP contribution in [0.25, 0.3) is 0 Å². The number of nitrogens with one attached hydrogen (secondary N) is 1. The van der Waals surface area contributed by atoms with Crippen LogP contribution in [0.2, 0.25) is 0 Å². The van der Waals surface area contributed by atoms with E-state index in [0.717, 1.165) is 11.8 Å². The quantitative estimate of drug-likeness (QED) is 0.369. The first-order chi connectivity index (χ1) is 9.15. The summed E-state index contributed by atoms with van der Waals surface area (Å²) in [7, 11) is 0. The molecule has 0 saturated heterocycles. The Bertz CT molecular complexity index is 609. The van der Waals surface area contributed by atoms with Gasteiger partial charge in [0, 0.05) is 6.07 Å². The highest BCUT2D eigenvalue weighted by atomic mass is 16.5. The highest BCUT2D eigenvalue weighted by Crippen LogP contribution is 2.07. The van der Waals surface area contributed by atoms with Crippen molar-refractivity contribution in [3.63, 3.8) is 0 Å². The maximum atomic E-state index is 11.6.